The number of rotatable bonds is 2. The Bertz CT molecular complexity index is 1080. The van der Waals surface area contributed by atoms with Crippen LogP contribution < -0.4 is 4.90 Å². The first-order chi connectivity index (χ1) is 12.7. The highest BCUT2D eigenvalue weighted by atomic mass is 15.5. The average molecular weight is 350 g/mol. The lowest BCUT2D eigenvalue weighted by Gasteiger charge is -2.33. The van der Waals surface area contributed by atoms with Gasteiger partial charge in [-0.2, -0.15) is 9.61 Å². The van der Waals surface area contributed by atoms with E-state index in [-0.39, 0.29) is 0 Å². The average Bonchev–Trinajstić information content (AvgIpc) is 3.33. The largest absolute Gasteiger partial charge is 0.351 e. The van der Waals surface area contributed by atoms with Gasteiger partial charge >= 0.3 is 0 Å². The standard InChI is InChI=1S/C16H18N10/c1-10-7-12-13(8-11(10)14-17-9-18-20-14)26-16(21-22-23-26)15(19-12)25-5-3-24(2)4-6-25/h7-9H,3-6H2,1-2H3,(H,17,18,20). The number of nitrogens with one attached hydrogen (secondary N) is 1. The van der Waals surface area contributed by atoms with Gasteiger partial charge in [-0.05, 0) is 42.1 Å². The lowest BCUT2D eigenvalue weighted by Crippen LogP contribution is -2.45. The molecule has 1 saturated heterocycles. The molecule has 4 aromatic rings. The van der Waals surface area contributed by atoms with Crippen LogP contribution in [0.3, 0.4) is 0 Å². The lowest BCUT2D eigenvalue weighted by atomic mass is 10.1. The summed E-state index contributed by atoms with van der Waals surface area (Å²) in [4.78, 5) is 13.7. The van der Waals surface area contributed by atoms with Crippen molar-refractivity contribution in [1.29, 1.82) is 0 Å². The maximum Gasteiger partial charge on any atom is 0.222 e. The van der Waals surface area contributed by atoms with Gasteiger partial charge in [0.2, 0.25) is 5.65 Å². The van der Waals surface area contributed by atoms with E-state index in [1.54, 1.807) is 4.52 Å². The van der Waals surface area contributed by atoms with Crippen LogP contribution in [-0.2, 0) is 0 Å². The van der Waals surface area contributed by atoms with Crippen molar-refractivity contribution in [2.45, 2.75) is 6.92 Å². The van der Waals surface area contributed by atoms with Crippen molar-refractivity contribution in [3.05, 3.63) is 24.0 Å². The molecule has 0 bridgehead atoms. The predicted molar refractivity (Wildman–Crippen MR) is 95.9 cm³/mol. The molecule has 1 aromatic carbocycles. The summed E-state index contributed by atoms with van der Waals surface area (Å²) in [5.74, 6) is 1.55. The first kappa shape index (κ1) is 15.1. The van der Waals surface area contributed by atoms with Crippen LogP contribution in [0.2, 0.25) is 0 Å². The van der Waals surface area contributed by atoms with Gasteiger partial charge in [0, 0.05) is 31.7 Å². The van der Waals surface area contributed by atoms with E-state index in [9.17, 15) is 0 Å². The van der Waals surface area contributed by atoms with Crippen LogP contribution in [0.1, 0.15) is 5.56 Å². The summed E-state index contributed by atoms with van der Waals surface area (Å²) in [6, 6.07) is 4.06. The van der Waals surface area contributed by atoms with Gasteiger partial charge in [0.1, 0.15) is 6.33 Å². The van der Waals surface area contributed by atoms with Gasteiger partial charge in [0.15, 0.2) is 11.6 Å². The van der Waals surface area contributed by atoms with E-state index in [0.717, 1.165) is 54.2 Å². The monoisotopic (exact) mass is 350 g/mol. The number of H-pyrrole nitrogens is 1. The SMILES string of the molecule is Cc1cc2nc(N3CCN(C)CC3)c3nnnn3c2cc1-c1ncn[nH]1. The van der Waals surface area contributed by atoms with Gasteiger partial charge in [-0.3, -0.25) is 5.10 Å². The zero-order chi connectivity index (χ0) is 17.7. The first-order valence-electron chi connectivity index (χ1n) is 8.52. The fourth-order valence-corrected chi connectivity index (χ4v) is 3.41. The number of aromatic amines is 1. The minimum Gasteiger partial charge on any atom is -0.351 e. The molecule has 0 atom stereocenters. The van der Waals surface area contributed by atoms with Crippen LogP contribution >= 0.6 is 0 Å². The van der Waals surface area contributed by atoms with Gasteiger partial charge in [-0.1, -0.05) is 0 Å². The Kier molecular flexibility index (Phi) is 3.32. The van der Waals surface area contributed by atoms with E-state index >= 15 is 0 Å². The molecule has 10 nitrogen and oxygen atoms in total. The summed E-state index contributed by atoms with van der Waals surface area (Å²) < 4.78 is 1.76. The highest BCUT2D eigenvalue weighted by Crippen LogP contribution is 2.28. The number of piperazine rings is 1. The van der Waals surface area contributed by atoms with Crippen LogP contribution in [0, 0.1) is 6.92 Å². The van der Waals surface area contributed by atoms with Crippen molar-refractivity contribution in [3.8, 4) is 11.4 Å². The number of nitrogens with zero attached hydrogens (tertiary/aromatic N) is 9. The fraction of sp³-hybridized carbons (Fsp3) is 0.375. The normalized spacial score (nSPS) is 16.0. The number of anilines is 1. The molecule has 1 aliphatic heterocycles. The molecule has 0 radical (unpaired) electrons. The number of likely N-dealkylation sites (N-methyl/N-ethyl adjacent to an activating group) is 1. The van der Waals surface area contributed by atoms with E-state index in [1.165, 1.54) is 6.33 Å². The number of benzene rings is 1. The third-order valence-corrected chi connectivity index (χ3v) is 4.92. The molecule has 132 valence electrons. The van der Waals surface area contributed by atoms with Crippen molar-refractivity contribution in [3.63, 3.8) is 0 Å². The van der Waals surface area contributed by atoms with Crippen LogP contribution in [-0.4, -0.2) is 78.3 Å². The molecule has 1 N–H and O–H groups in total. The van der Waals surface area contributed by atoms with Gasteiger partial charge in [0.05, 0.1) is 11.0 Å². The molecule has 1 fully saturated rings. The van der Waals surface area contributed by atoms with Gasteiger partial charge in [-0.25, -0.2) is 9.97 Å². The van der Waals surface area contributed by atoms with Crippen molar-refractivity contribution in [1.82, 2.24) is 45.1 Å². The third-order valence-electron chi connectivity index (χ3n) is 4.92. The zero-order valence-electron chi connectivity index (χ0n) is 14.6. The minimum atomic E-state index is 0.675. The fourth-order valence-electron chi connectivity index (χ4n) is 3.41. The quantitative estimate of drug-likeness (QED) is 0.558. The number of hydrogen-bond donors (Lipinski definition) is 1. The second-order valence-corrected chi connectivity index (χ2v) is 6.63. The molecule has 3 aromatic heterocycles. The summed E-state index contributed by atoms with van der Waals surface area (Å²) in [5, 5.41) is 19.2. The molecule has 10 heteroatoms. The maximum atomic E-state index is 4.91. The number of aryl methyl sites for hydroxylation is 1. The van der Waals surface area contributed by atoms with Crippen LogP contribution in [0.25, 0.3) is 28.1 Å². The molecule has 0 saturated carbocycles. The van der Waals surface area contributed by atoms with Gasteiger partial charge in [0.25, 0.3) is 0 Å². The first-order valence-corrected chi connectivity index (χ1v) is 8.52. The summed E-state index contributed by atoms with van der Waals surface area (Å²) in [7, 11) is 2.13. The molecule has 0 aliphatic carbocycles. The number of fused-ring (bicyclic) bond motifs is 3. The molecular formula is C16H18N10. The predicted octanol–water partition coefficient (Wildman–Crippen LogP) is 0.518. The second kappa shape index (κ2) is 5.70. The number of tetrazole rings is 1. The molecule has 0 amide bonds. The Morgan fingerprint density at radius 2 is 1.96 bits per heavy atom. The second-order valence-electron chi connectivity index (χ2n) is 6.63. The Hall–Kier alpha value is -3.14. The van der Waals surface area contributed by atoms with E-state index < -0.39 is 0 Å². The topological polar surface area (TPSA) is 104 Å². The Labute approximate surface area is 148 Å². The van der Waals surface area contributed by atoms with Crippen molar-refractivity contribution < 1.29 is 0 Å². The van der Waals surface area contributed by atoms with E-state index in [1.807, 2.05) is 19.1 Å². The van der Waals surface area contributed by atoms with Gasteiger partial charge in [-0.15, -0.1) is 5.10 Å². The highest BCUT2D eigenvalue weighted by molar-refractivity contribution is 5.87. The molecule has 5 rings (SSSR count). The molecule has 4 heterocycles. The minimum absolute atomic E-state index is 0.675. The summed E-state index contributed by atoms with van der Waals surface area (Å²) in [6.07, 6.45) is 1.50. The van der Waals surface area contributed by atoms with Crippen molar-refractivity contribution in [2.75, 3.05) is 38.1 Å². The number of hydrogen-bond acceptors (Lipinski definition) is 8. The summed E-state index contributed by atoms with van der Waals surface area (Å²) in [6.45, 7) is 5.85. The highest BCUT2D eigenvalue weighted by Gasteiger charge is 2.22. The van der Waals surface area contributed by atoms with E-state index in [2.05, 4.69) is 47.6 Å². The van der Waals surface area contributed by atoms with E-state index in [0.29, 0.717) is 11.5 Å². The molecule has 0 spiro atoms. The van der Waals surface area contributed by atoms with E-state index in [4.69, 9.17) is 4.98 Å². The molecular weight excluding hydrogens is 332 g/mol. The van der Waals surface area contributed by atoms with Crippen LogP contribution in [0.4, 0.5) is 5.82 Å². The maximum absolute atomic E-state index is 4.91. The summed E-state index contributed by atoms with van der Waals surface area (Å²) >= 11 is 0. The van der Waals surface area contributed by atoms with Crippen LogP contribution in [0.5, 0.6) is 0 Å². The lowest BCUT2D eigenvalue weighted by molar-refractivity contribution is 0.312. The smallest absolute Gasteiger partial charge is 0.222 e. The summed E-state index contributed by atoms with van der Waals surface area (Å²) in [5.41, 5.74) is 4.41. The van der Waals surface area contributed by atoms with Crippen LogP contribution in [0.15, 0.2) is 18.5 Å². The third kappa shape index (κ3) is 2.30. The van der Waals surface area contributed by atoms with Crippen molar-refractivity contribution >= 4 is 22.5 Å². The molecule has 26 heavy (non-hydrogen) atoms. The Morgan fingerprint density at radius 3 is 2.73 bits per heavy atom. The van der Waals surface area contributed by atoms with Crippen molar-refractivity contribution in [2.24, 2.45) is 0 Å². The Balaban J connectivity index is 1.71. The number of aromatic nitrogens is 8. The molecule has 0 unspecified atom stereocenters. The zero-order valence-corrected chi connectivity index (χ0v) is 14.6. The van der Waals surface area contributed by atoms with Gasteiger partial charge < -0.3 is 9.80 Å². The molecule has 1 aliphatic rings. The Morgan fingerprint density at radius 1 is 1.12 bits per heavy atom.